The van der Waals surface area contributed by atoms with E-state index in [1.807, 2.05) is 6.07 Å². The van der Waals surface area contributed by atoms with E-state index in [0.29, 0.717) is 0 Å². The van der Waals surface area contributed by atoms with E-state index in [0.717, 1.165) is 44.8 Å². The molecule has 4 heteroatoms. The maximum atomic E-state index is 5.13. The van der Waals surface area contributed by atoms with Crippen LogP contribution >= 0.6 is 0 Å². The van der Waals surface area contributed by atoms with Gasteiger partial charge in [0, 0.05) is 22.3 Å². The fraction of sp³-hybridized carbons (Fsp3) is 0.0577. The van der Waals surface area contributed by atoms with E-state index >= 15 is 0 Å². The number of hydrogen-bond donors (Lipinski definition) is 3. The van der Waals surface area contributed by atoms with Crippen molar-refractivity contribution in [1.82, 2.24) is 10.3 Å². The van der Waals surface area contributed by atoms with Crippen molar-refractivity contribution in [3.8, 4) is 11.3 Å². The first-order chi connectivity index (χ1) is 27.7. The molecule has 0 fully saturated rings. The van der Waals surface area contributed by atoms with Gasteiger partial charge in [-0.25, -0.2) is 4.98 Å². The van der Waals surface area contributed by atoms with Gasteiger partial charge in [-0.1, -0.05) is 170 Å². The van der Waals surface area contributed by atoms with Gasteiger partial charge in [-0.05, 0) is 79.6 Å². The number of pyridine rings is 1. The molecule has 0 amide bonds. The monoisotopic (exact) mass is 718 g/mol. The Balaban J connectivity index is 0.802. The lowest BCUT2D eigenvalue weighted by Crippen LogP contribution is -2.31. The van der Waals surface area contributed by atoms with E-state index < -0.39 is 0 Å². The zero-order valence-electron chi connectivity index (χ0n) is 30.7. The van der Waals surface area contributed by atoms with Gasteiger partial charge in [-0.2, -0.15) is 0 Å². The molecule has 0 saturated heterocycles. The molecule has 0 radical (unpaired) electrons. The number of dihydropyridines is 1. The molecule has 3 atom stereocenters. The van der Waals surface area contributed by atoms with Crippen LogP contribution in [0.3, 0.4) is 0 Å². The van der Waals surface area contributed by atoms with Crippen molar-refractivity contribution in [3.05, 3.63) is 221 Å². The summed E-state index contributed by atoms with van der Waals surface area (Å²) in [6.45, 7) is 0. The molecular formula is C52H38N4. The zero-order chi connectivity index (χ0) is 37.0. The number of nitrogens with one attached hydrogen (secondary N) is 3. The molecule has 7 aromatic rings. The van der Waals surface area contributed by atoms with Crippen LogP contribution < -0.4 is 16.0 Å². The zero-order valence-corrected chi connectivity index (χ0v) is 30.7. The first-order valence-corrected chi connectivity index (χ1v) is 19.4. The van der Waals surface area contributed by atoms with Crippen LogP contribution in [-0.2, 0) is 0 Å². The van der Waals surface area contributed by atoms with Gasteiger partial charge in [0.15, 0.2) is 0 Å². The summed E-state index contributed by atoms with van der Waals surface area (Å²) in [5, 5.41) is 15.1. The number of aromatic nitrogens is 1. The first-order valence-electron chi connectivity index (χ1n) is 19.4. The average molecular weight is 719 g/mol. The molecule has 56 heavy (non-hydrogen) atoms. The minimum Gasteiger partial charge on any atom is -0.374 e. The normalized spacial score (nSPS) is 19.1. The lowest BCUT2D eigenvalue weighted by Gasteiger charge is -2.28. The summed E-state index contributed by atoms with van der Waals surface area (Å²) in [5.41, 5.74) is 16.1. The summed E-state index contributed by atoms with van der Waals surface area (Å²) in [4.78, 5) is 5.13. The molecule has 4 aliphatic rings. The van der Waals surface area contributed by atoms with E-state index in [-0.39, 0.29) is 18.1 Å². The van der Waals surface area contributed by atoms with Gasteiger partial charge in [0.1, 0.15) is 0 Å². The van der Waals surface area contributed by atoms with Crippen LogP contribution in [0.15, 0.2) is 188 Å². The Morgan fingerprint density at radius 2 is 1.18 bits per heavy atom. The van der Waals surface area contributed by atoms with E-state index in [1.165, 1.54) is 49.7 Å². The smallest absolute Gasteiger partial charge is 0.0947 e. The third kappa shape index (κ3) is 5.84. The number of allylic oxidation sites excluding steroid dienone is 4. The Morgan fingerprint density at radius 3 is 2.04 bits per heavy atom. The molecule has 266 valence electrons. The summed E-state index contributed by atoms with van der Waals surface area (Å²) in [6.07, 6.45) is 20.2. The highest BCUT2D eigenvalue weighted by Gasteiger charge is 2.23. The molecule has 0 spiro atoms. The number of rotatable bonds is 5. The molecule has 0 bridgehead atoms. The van der Waals surface area contributed by atoms with Crippen molar-refractivity contribution < 1.29 is 0 Å². The predicted molar refractivity (Wildman–Crippen MR) is 235 cm³/mol. The highest BCUT2D eigenvalue weighted by atomic mass is 15.0. The van der Waals surface area contributed by atoms with Crippen molar-refractivity contribution in [2.24, 2.45) is 0 Å². The topological polar surface area (TPSA) is 49.0 Å². The number of hydrogen-bond acceptors (Lipinski definition) is 4. The lowest BCUT2D eigenvalue weighted by molar-refractivity contribution is 0.815. The SMILES string of the molecule is C1=CC2=CC=C(c3ccc4c(c3)NC(c3ccc(C5C=Cc6ccc7ccc(-c8ccccc8)nc7c6N5)cc3)C=C4)NC2C=C1c1ccc2ccccc2c1. The summed E-state index contributed by atoms with van der Waals surface area (Å²) in [7, 11) is 0. The van der Waals surface area contributed by atoms with Crippen LogP contribution in [-0.4, -0.2) is 11.0 Å². The Labute approximate surface area is 326 Å². The second kappa shape index (κ2) is 13.3. The third-order valence-electron chi connectivity index (χ3n) is 11.5. The third-order valence-corrected chi connectivity index (χ3v) is 11.5. The van der Waals surface area contributed by atoms with Crippen LogP contribution in [0.4, 0.5) is 11.4 Å². The summed E-state index contributed by atoms with van der Waals surface area (Å²) >= 11 is 0. The molecule has 1 aromatic heterocycles. The molecule has 3 N–H and O–H groups in total. The van der Waals surface area contributed by atoms with E-state index in [2.05, 4.69) is 204 Å². The van der Waals surface area contributed by atoms with Crippen molar-refractivity contribution in [2.75, 3.05) is 10.6 Å². The second-order valence-electron chi connectivity index (χ2n) is 15.0. The predicted octanol–water partition coefficient (Wildman–Crippen LogP) is 12.3. The first kappa shape index (κ1) is 32.3. The number of nitrogens with zero attached hydrogens (tertiary/aromatic N) is 1. The average Bonchev–Trinajstić information content (AvgIpc) is 3.28. The van der Waals surface area contributed by atoms with E-state index in [1.54, 1.807) is 0 Å². The second-order valence-corrected chi connectivity index (χ2v) is 15.0. The van der Waals surface area contributed by atoms with Crippen LogP contribution in [0.2, 0.25) is 0 Å². The van der Waals surface area contributed by atoms with Crippen molar-refractivity contribution in [3.63, 3.8) is 0 Å². The number of anilines is 2. The highest BCUT2D eigenvalue weighted by Crippen LogP contribution is 2.38. The van der Waals surface area contributed by atoms with Gasteiger partial charge in [-0.3, -0.25) is 0 Å². The van der Waals surface area contributed by atoms with Gasteiger partial charge < -0.3 is 16.0 Å². The molecule has 3 unspecified atom stereocenters. The molecule has 6 aromatic carbocycles. The van der Waals surface area contributed by atoms with Crippen LogP contribution in [0.5, 0.6) is 0 Å². The molecular weight excluding hydrogens is 681 g/mol. The van der Waals surface area contributed by atoms with E-state index in [9.17, 15) is 0 Å². The van der Waals surface area contributed by atoms with Crippen molar-refractivity contribution in [2.45, 2.75) is 18.1 Å². The van der Waals surface area contributed by atoms with Gasteiger partial charge >= 0.3 is 0 Å². The Kier molecular flexibility index (Phi) is 7.66. The fourth-order valence-electron chi connectivity index (χ4n) is 8.42. The molecule has 0 saturated carbocycles. The van der Waals surface area contributed by atoms with E-state index in [4.69, 9.17) is 4.98 Å². The highest BCUT2D eigenvalue weighted by molar-refractivity contribution is 5.97. The van der Waals surface area contributed by atoms with Gasteiger partial charge in [0.05, 0.1) is 35.0 Å². The molecule has 3 aliphatic heterocycles. The largest absolute Gasteiger partial charge is 0.374 e. The van der Waals surface area contributed by atoms with Crippen molar-refractivity contribution in [1.29, 1.82) is 0 Å². The minimum absolute atomic E-state index is 0.0476. The minimum atomic E-state index is 0.0476. The maximum Gasteiger partial charge on any atom is 0.0947 e. The maximum absolute atomic E-state index is 5.13. The lowest BCUT2D eigenvalue weighted by atomic mass is 9.89. The molecule has 4 nitrogen and oxygen atoms in total. The molecule has 1 aliphatic carbocycles. The Hall–Kier alpha value is -7.17. The summed E-state index contributed by atoms with van der Waals surface area (Å²) < 4.78 is 0. The van der Waals surface area contributed by atoms with Crippen LogP contribution in [0.25, 0.3) is 56.4 Å². The Bertz CT molecular complexity index is 2890. The quantitative estimate of drug-likeness (QED) is 0.166. The molecule has 4 heterocycles. The standard InChI is InChI=1S/C52H38N4/c1-2-7-34(8-3-1)46-28-24-39-17-18-40-25-29-47(56-52(40)51(39)55-46)36-13-11-35(12-14-36)45-26-22-38-16-21-44(32-50(38)53-45)48-27-23-37-15-20-43(31-49(37)54-48)42-19-10-33-6-4-5-9-41(33)30-42/h1-32,45,47,49,53-54,56H. The van der Waals surface area contributed by atoms with Gasteiger partial charge in [0.25, 0.3) is 0 Å². The van der Waals surface area contributed by atoms with Crippen LogP contribution in [0.1, 0.15) is 45.5 Å². The van der Waals surface area contributed by atoms with Gasteiger partial charge in [-0.15, -0.1) is 0 Å². The Morgan fingerprint density at radius 1 is 0.464 bits per heavy atom. The fourth-order valence-corrected chi connectivity index (χ4v) is 8.42. The van der Waals surface area contributed by atoms with Crippen molar-refractivity contribution >= 4 is 56.5 Å². The van der Waals surface area contributed by atoms with Gasteiger partial charge in [0.2, 0.25) is 0 Å². The number of benzene rings is 6. The van der Waals surface area contributed by atoms with Crippen LogP contribution in [0, 0.1) is 0 Å². The summed E-state index contributed by atoms with van der Waals surface area (Å²) in [6, 6.07) is 50.2. The molecule has 11 rings (SSSR count). The summed E-state index contributed by atoms with van der Waals surface area (Å²) in [5.74, 6) is 0. The number of fused-ring (bicyclic) bond motifs is 6.